The molecule has 3 aliphatic rings. The summed E-state index contributed by atoms with van der Waals surface area (Å²) in [7, 11) is 1.72. The second kappa shape index (κ2) is 9.71. The summed E-state index contributed by atoms with van der Waals surface area (Å²) >= 11 is 0. The Morgan fingerprint density at radius 1 is 1.00 bits per heavy atom. The number of amides is 1. The first kappa shape index (κ1) is 22.2. The fourth-order valence-electron chi connectivity index (χ4n) is 5.15. The van der Waals surface area contributed by atoms with Gasteiger partial charge in [-0.15, -0.1) is 0 Å². The maximum atomic E-state index is 12.3. The highest BCUT2D eigenvalue weighted by Gasteiger charge is 2.46. The number of nitrogens with zero attached hydrogens (tertiary/aromatic N) is 3. The Labute approximate surface area is 195 Å². The van der Waals surface area contributed by atoms with Crippen LogP contribution in [0.1, 0.15) is 18.4 Å². The summed E-state index contributed by atoms with van der Waals surface area (Å²) in [6.07, 6.45) is 1.50. The highest BCUT2D eigenvalue weighted by Crippen LogP contribution is 2.37. The monoisotopic (exact) mass is 451 g/mol. The van der Waals surface area contributed by atoms with E-state index in [0.29, 0.717) is 19.6 Å². The highest BCUT2D eigenvalue weighted by atomic mass is 16.7. The lowest BCUT2D eigenvalue weighted by atomic mass is 10.1. The van der Waals surface area contributed by atoms with E-state index in [1.165, 1.54) is 0 Å². The molecule has 7 nitrogen and oxygen atoms in total. The quantitative estimate of drug-likeness (QED) is 0.645. The van der Waals surface area contributed by atoms with Crippen LogP contribution in [-0.4, -0.2) is 81.3 Å². The highest BCUT2D eigenvalue weighted by molar-refractivity contribution is 5.78. The molecule has 0 aliphatic carbocycles. The largest absolute Gasteiger partial charge is 0.495 e. The summed E-state index contributed by atoms with van der Waals surface area (Å²) in [5.41, 5.74) is 2.13. The van der Waals surface area contributed by atoms with E-state index in [1.54, 1.807) is 7.11 Å². The van der Waals surface area contributed by atoms with Gasteiger partial charge in [0.25, 0.3) is 0 Å². The van der Waals surface area contributed by atoms with Crippen molar-refractivity contribution in [3.63, 3.8) is 0 Å². The Balaban J connectivity index is 1.22. The Hall–Kier alpha value is -2.61. The number of carbonyl (C=O) groups is 1. The van der Waals surface area contributed by atoms with Gasteiger partial charge in [-0.25, -0.2) is 0 Å². The molecule has 1 amide bonds. The van der Waals surface area contributed by atoms with Crippen LogP contribution in [0.5, 0.6) is 5.75 Å². The van der Waals surface area contributed by atoms with E-state index < -0.39 is 5.79 Å². The van der Waals surface area contributed by atoms with Crippen molar-refractivity contribution in [2.45, 2.75) is 24.7 Å². The first-order valence-corrected chi connectivity index (χ1v) is 11.9. The number of anilines is 1. The SMILES string of the molecule is COc1ccccc1N1CCN(C[C@@H]2CO[C@@](CN3CCCC3=O)(c3ccccc3)O2)CC1. The third-order valence-electron chi connectivity index (χ3n) is 6.90. The number of benzene rings is 2. The van der Waals surface area contributed by atoms with Crippen LogP contribution >= 0.6 is 0 Å². The number of ether oxygens (including phenoxy) is 3. The number of hydrogen-bond donors (Lipinski definition) is 0. The smallest absolute Gasteiger partial charge is 0.222 e. The summed E-state index contributed by atoms with van der Waals surface area (Å²) in [4.78, 5) is 19.0. The Kier molecular flexibility index (Phi) is 6.53. The van der Waals surface area contributed by atoms with Crippen molar-refractivity contribution in [2.75, 3.05) is 64.4 Å². The fraction of sp³-hybridized carbons (Fsp3) is 0.500. The third kappa shape index (κ3) is 4.71. The van der Waals surface area contributed by atoms with E-state index >= 15 is 0 Å². The van der Waals surface area contributed by atoms with Crippen molar-refractivity contribution in [3.8, 4) is 5.75 Å². The van der Waals surface area contributed by atoms with Gasteiger partial charge < -0.3 is 24.0 Å². The average Bonchev–Trinajstić information content (AvgIpc) is 3.46. The van der Waals surface area contributed by atoms with Crippen LogP contribution in [0.15, 0.2) is 54.6 Å². The molecular formula is C26H33N3O4. The molecule has 0 spiro atoms. The second-order valence-electron chi connectivity index (χ2n) is 9.05. The van der Waals surface area contributed by atoms with Crippen molar-refractivity contribution in [2.24, 2.45) is 0 Å². The van der Waals surface area contributed by atoms with Gasteiger partial charge in [0.1, 0.15) is 5.75 Å². The molecule has 3 fully saturated rings. The molecule has 176 valence electrons. The summed E-state index contributed by atoms with van der Waals surface area (Å²) in [6.45, 7) is 6.39. The van der Waals surface area contributed by atoms with Crippen molar-refractivity contribution in [1.29, 1.82) is 0 Å². The lowest BCUT2D eigenvalue weighted by Gasteiger charge is -2.37. The zero-order valence-corrected chi connectivity index (χ0v) is 19.3. The molecule has 5 rings (SSSR count). The molecule has 33 heavy (non-hydrogen) atoms. The molecule has 0 aromatic heterocycles. The van der Waals surface area contributed by atoms with Gasteiger partial charge in [-0.2, -0.15) is 0 Å². The summed E-state index contributed by atoms with van der Waals surface area (Å²) < 4.78 is 18.5. The number of rotatable bonds is 7. The molecule has 0 N–H and O–H groups in total. The van der Waals surface area contributed by atoms with E-state index in [9.17, 15) is 4.79 Å². The summed E-state index contributed by atoms with van der Waals surface area (Å²) in [5, 5.41) is 0. The fourth-order valence-corrected chi connectivity index (χ4v) is 5.15. The van der Waals surface area contributed by atoms with Gasteiger partial charge in [0, 0.05) is 51.3 Å². The number of hydrogen-bond acceptors (Lipinski definition) is 6. The molecule has 2 atom stereocenters. The minimum atomic E-state index is -0.884. The van der Waals surface area contributed by atoms with E-state index in [0.717, 1.165) is 62.7 Å². The third-order valence-corrected chi connectivity index (χ3v) is 6.90. The van der Waals surface area contributed by atoms with E-state index in [2.05, 4.69) is 21.9 Å². The normalized spacial score (nSPS) is 26.2. The van der Waals surface area contributed by atoms with Crippen LogP contribution < -0.4 is 9.64 Å². The van der Waals surface area contributed by atoms with Crippen LogP contribution in [0.25, 0.3) is 0 Å². The summed E-state index contributed by atoms with van der Waals surface area (Å²) in [5.74, 6) is 0.224. The Bertz CT molecular complexity index is 948. The van der Waals surface area contributed by atoms with Crippen LogP contribution in [-0.2, 0) is 20.1 Å². The topological polar surface area (TPSA) is 54.5 Å². The predicted octanol–water partition coefficient (Wildman–Crippen LogP) is 2.71. The van der Waals surface area contributed by atoms with E-state index in [1.807, 2.05) is 47.4 Å². The maximum absolute atomic E-state index is 12.3. The number of piperazine rings is 1. The van der Waals surface area contributed by atoms with E-state index in [-0.39, 0.29) is 12.0 Å². The van der Waals surface area contributed by atoms with Crippen molar-refractivity contribution in [1.82, 2.24) is 9.80 Å². The zero-order chi connectivity index (χ0) is 22.7. The Morgan fingerprint density at radius 2 is 1.76 bits per heavy atom. The van der Waals surface area contributed by atoms with E-state index in [4.69, 9.17) is 14.2 Å². The van der Waals surface area contributed by atoms with Gasteiger partial charge in [-0.05, 0) is 18.6 Å². The van der Waals surface area contributed by atoms with Gasteiger partial charge in [-0.1, -0.05) is 42.5 Å². The van der Waals surface area contributed by atoms with Crippen LogP contribution in [0.3, 0.4) is 0 Å². The molecule has 7 heteroatoms. The minimum absolute atomic E-state index is 0.0271. The van der Waals surface area contributed by atoms with Crippen molar-refractivity contribution < 1.29 is 19.0 Å². The first-order valence-electron chi connectivity index (χ1n) is 11.9. The average molecular weight is 452 g/mol. The Morgan fingerprint density at radius 3 is 2.48 bits per heavy atom. The predicted molar refractivity (Wildman–Crippen MR) is 126 cm³/mol. The number of likely N-dealkylation sites (tertiary alicyclic amines) is 1. The van der Waals surface area contributed by atoms with Gasteiger partial charge in [0.15, 0.2) is 0 Å². The van der Waals surface area contributed by atoms with Crippen molar-refractivity contribution in [3.05, 3.63) is 60.2 Å². The molecule has 0 bridgehead atoms. The molecule has 2 aromatic carbocycles. The lowest BCUT2D eigenvalue weighted by Crippen LogP contribution is -2.49. The molecule has 2 aromatic rings. The van der Waals surface area contributed by atoms with Crippen LogP contribution in [0.2, 0.25) is 0 Å². The number of carbonyl (C=O) groups excluding carboxylic acids is 1. The maximum Gasteiger partial charge on any atom is 0.222 e. The molecule has 3 saturated heterocycles. The number of para-hydroxylation sites is 2. The zero-order valence-electron chi connectivity index (χ0n) is 19.3. The summed E-state index contributed by atoms with van der Waals surface area (Å²) in [6, 6.07) is 18.3. The first-order chi connectivity index (χ1) is 16.2. The standard InChI is InChI=1S/C26H33N3O4/c1-31-24-11-6-5-10-23(24)28-16-14-27(15-17-28)18-22-19-32-26(33-22,21-8-3-2-4-9-21)20-29-13-7-12-25(29)30/h2-6,8-11,22H,7,12-20H2,1H3/t22-,26-/m1/s1. The molecule has 0 unspecified atom stereocenters. The molecule has 3 heterocycles. The van der Waals surface area contributed by atoms with Gasteiger partial charge in [0.2, 0.25) is 11.7 Å². The lowest BCUT2D eigenvalue weighted by molar-refractivity contribution is -0.191. The van der Waals surface area contributed by atoms with Gasteiger partial charge in [0.05, 0.1) is 32.1 Å². The minimum Gasteiger partial charge on any atom is -0.495 e. The number of methoxy groups -OCH3 is 1. The van der Waals surface area contributed by atoms with Gasteiger partial charge >= 0.3 is 0 Å². The molecule has 3 aliphatic heterocycles. The molecule has 0 radical (unpaired) electrons. The molecule has 0 saturated carbocycles. The van der Waals surface area contributed by atoms with Crippen LogP contribution in [0, 0.1) is 0 Å². The van der Waals surface area contributed by atoms with Gasteiger partial charge in [-0.3, -0.25) is 9.69 Å². The van der Waals surface area contributed by atoms with Crippen molar-refractivity contribution >= 4 is 11.6 Å². The molecular weight excluding hydrogens is 418 g/mol. The second-order valence-corrected chi connectivity index (χ2v) is 9.05. The van der Waals surface area contributed by atoms with Crippen LogP contribution in [0.4, 0.5) is 5.69 Å².